The highest BCUT2D eigenvalue weighted by Crippen LogP contribution is 2.37. The molecule has 166 valence electrons. The predicted octanol–water partition coefficient (Wildman–Crippen LogP) is 5.49. The second kappa shape index (κ2) is 8.42. The summed E-state index contributed by atoms with van der Waals surface area (Å²) in [6.07, 6.45) is -4.66. The first-order valence-corrected chi connectivity index (χ1v) is 10.5. The number of amides is 1. The van der Waals surface area contributed by atoms with Gasteiger partial charge in [0.15, 0.2) is 0 Å². The maximum Gasteiger partial charge on any atom is 0.416 e. The van der Waals surface area contributed by atoms with E-state index in [-0.39, 0.29) is 24.7 Å². The van der Waals surface area contributed by atoms with Crippen molar-refractivity contribution in [2.45, 2.75) is 6.18 Å². The molecule has 3 aromatic carbocycles. The summed E-state index contributed by atoms with van der Waals surface area (Å²) in [5, 5.41) is 13.1. The zero-order chi connectivity index (χ0) is 23.0. The Morgan fingerprint density at radius 2 is 1.62 bits per heavy atom. The molecule has 1 aliphatic heterocycles. The average molecular weight is 508 g/mol. The third-order valence-electron chi connectivity index (χ3n) is 5.51. The van der Waals surface area contributed by atoms with Gasteiger partial charge in [0.1, 0.15) is 5.69 Å². The van der Waals surface area contributed by atoms with Gasteiger partial charge in [0.05, 0.1) is 10.5 Å². The molecule has 0 spiro atoms. The minimum Gasteiger partial charge on any atom is -0.362 e. The van der Waals surface area contributed by atoms with Gasteiger partial charge in [-0.2, -0.15) is 13.2 Å². The first-order valence-electron chi connectivity index (χ1n) is 9.74. The minimum absolute atomic E-state index is 0.115. The highest BCUT2D eigenvalue weighted by Gasteiger charge is 2.34. The molecule has 0 bridgehead atoms. The van der Waals surface area contributed by atoms with Crippen LogP contribution in [-0.4, -0.2) is 41.9 Å². The second-order valence-electron chi connectivity index (χ2n) is 7.38. The number of rotatable bonds is 3. The lowest BCUT2D eigenvalue weighted by molar-refractivity contribution is -0.384. The third-order valence-corrected chi connectivity index (χ3v) is 6.20. The van der Waals surface area contributed by atoms with Gasteiger partial charge in [-0.3, -0.25) is 14.9 Å². The Balaban J connectivity index is 1.55. The van der Waals surface area contributed by atoms with Gasteiger partial charge in [0.25, 0.3) is 11.6 Å². The van der Waals surface area contributed by atoms with E-state index in [1.54, 1.807) is 15.9 Å². The van der Waals surface area contributed by atoms with Crippen molar-refractivity contribution in [3.63, 3.8) is 0 Å². The topological polar surface area (TPSA) is 66.7 Å². The molecular weight excluding hydrogens is 491 g/mol. The smallest absolute Gasteiger partial charge is 0.362 e. The zero-order valence-corrected chi connectivity index (χ0v) is 18.2. The van der Waals surface area contributed by atoms with Crippen LogP contribution in [0.2, 0.25) is 0 Å². The third kappa shape index (κ3) is 4.14. The largest absolute Gasteiger partial charge is 0.416 e. The molecule has 1 aliphatic rings. The van der Waals surface area contributed by atoms with E-state index in [4.69, 9.17) is 0 Å². The fourth-order valence-electron chi connectivity index (χ4n) is 3.89. The molecule has 0 atom stereocenters. The maximum atomic E-state index is 13.2. The molecule has 4 rings (SSSR count). The number of benzene rings is 3. The van der Waals surface area contributed by atoms with Gasteiger partial charge in [-0.05, 0) is 35.0 Å². The number of halogens is 4. The van der Waals surface area contributed by atoms with Crippen molar-refractivity contribution in [1.82, 2.24) is 4.90 Å². The van der Waals surface area contributed by atoms with Crippen molar-refractivity contribution in [3.8, 4) is 0 Å². The summed E-state index contributed by atoms with van der Waals surface area (Å²) in [4.78, 5) is 27.0. The minimum atomic E-state index is -4.66. The lowest BCUT2D eigenvalue weighted by atomic mass is 10.0. The highest BCUT2D eigenvalue weighted by atomic mass is 79.9. The van der Waals surface area contributed by atoms with E-state index >= 15 is 0 Å². The van der Waals surface area contributed by atoms with E-state index in [1.807, 2.05) is 30.3 Å². The Morgan fingerprint density at radius 1 is 0.969 bits per heavy atom. The van der Waals surface area contributed by atoms with E-state index in [9.17, 15) is 28.1 Å². The summed E-state index contributed by atoms with van der Waals surface area (Å²) in [7, 11) is 0. The molecule has 0 aliphatic carbocycles. The number of hydrogen-bond donors (Lipinski definition) is 0. The standard InChI is InChI=1S/C22H17BrF3N3O3/c23-18-6-2-3-15-16(18)4-1-5-17(15)21(30)28-11-9-27(10-12-28)19-8-7-14(22(24,25)26)13-20(19)29(31)32/h1-8,13H,9-12H2. The van der Waals surface area contributed by atoms with E-state index in [2.05, 4.69) is 15.9 Å². The Kier molecular flexibility index (Phi) is 5.81. The maximum absolute atomic E-state index is 13.2. The number of piperazine rings is 1. The van der Waals surface area contributed by atoms with Crippen LogP contribution in [0.4, 0.5) is 24.5 Å². The van der Waals surface area contributed by atoms with E-state index < -0.39 is 22.4 Å². The summed E-state index contributed by atoms with van der Waals surface area (Å²) in [6, 6.07) is 13.6. The van der Waals surface area contributed by atoms with Crippen LogP contribution in [0.15, 0.2) is 59.1 Å². The number of nitrogens with zero attached hydrogens (tertiary/aromatic N) is 3. The highest BCUT2D eigenvalue weighted by molar-refractivity contribution is 9.10. The molecule has 32 heavy (non-hydrogen) atoms. The van der Waals surface area contributed by atoms with Crippen LogP contribution in [0, 0.1) is 10.1 Å². The first-order chi connectivity index (χ1) is 15.2. The van der Waals surface area contributed by atoms with Crippen LogP contribution in [0.1, 0.15) is 15.9 Å². The molecule has 6 nitrogen and oxygen atoms in total. The monoisotopic (exact) mass is 507 g/mol. The average Bonchev–Trinajstić information content (AvgIpc) is 2.77. The van der Waals surface area contributed by atoms with Crippen LogP contribution in [-0.2, 0) is 6.18 Å². The van der Waals surface area contributed by atoms with Crippen molar-refractivity contribution in [1.29, 1.82) is 0 Å². The Morgan fingerprint density at radius 3 is 2.28 bits per heavy atom. The number of alkyl halides is 3. The van der Waals surface area contributed by atoms with Crippen LogP contribution < -0.4 is 4.90 Å². The Bertz CT molecular complexity index is 1210. The molecule has 0 radical (unpaired) electrons. The van der Waals surface area contributed by atoms with E-state index in [1.165, 1.54) is 0 Å². The molecular formula is C22H17BrF3N3O3. The first kappa shape index (κ1) is 22.1. The molecule has 1 heterocycles. The van der Waals surface area contributed by atoms with Crippen molar-refractivity contribution in [2.75, 3.05) is 31.1 Å². The van der Waals surface area contributed by atoms with E-state index in [0.29, 0.717) is 24.7 Å². The fraction of sp³-hybridized carbons (Fsp3) is 0.227. The second-order valence-corrected chi connectivity index (χ2v) is 8.23. The van der Waals surface area contributed by atoms with Gasteiger partial charge in [0.2, 0.25) is 0 Å². The lowest BCUT2D eigenvalue weighted by Crippen LogP contribution is -2.49. The van der Waals surface area contributed by atoms with Crippen molar-refractivity contribution < 1.29 is 22.9 Å². The molecule has 3 aromatic rings. The lowest BCUT2D eigenvalue weighted by Gasteiger charge is -2.36. The van der Waals surface area contributed by atoms with Gasteiger partial charge in [-0.1, -0.05) is 40.2 Å². The molecule has 0 unspecified atom stereocenters. The number of hydrogen-bond acceptors (Lipinski definition) is 4. The Labute approximate surface area is 189 Å². The van der Waals surface area contributed by atoms with Gasteiger partial charge in [0, 0.05) is 42.3 Å². The van der Waals surface area contributed by atoms with Gasteiger partial charge < -0.3 is 9.80 Å². The van der Waals surface area contributed by atoms with Gasteiger partial charge in [-0.15, -0.1) is 0 Å². The fourth-order valence-corrected chi connectivity index (χ4v) is 4.39. The molecule has 10 heteroatoms. The molecule has 1 amide bonds. The number of nitro benzene ring substituents is 1. The summed E-state index contributed by atoms with van der Waals surface area (Å²) in [5.74, 6) is -0.157. The SMILES string of the molecule is O=C(c1cccc2c(Br)cccc12)N1CCN(c2ccc(C(F)(F)F)cc2[N+](=O)[O-])CC1. The number of carbonyl (C=O) groups is 1. The summed E-state index contributed by atoms with van der Waals surface area (Å²) < 4.78 is 39.8. The quantitative estimate of drug-likeness (QED) is 0.347. The number of nitro groups is 1. The normalized spacial score (nSPS) is 14.6. The van der Waals surface area contributed by atoms with Crippen molar-refractivity contribution >= 4 is 44.0 Å². The molecule has 0 saturated carbocycles. The summed E-state index contributed by atoms with van der Waals surface area (Å²) in [6.45, 7) is 1.13. The number of anilines is 1. The zero-order valence-electron chi connectivity index (χ0n) is 16.6. The van der Waals surface area contributed by atoms with Crippen LogP contribution in [0.3, 0.4) is 0 Å². The van der Waals surface area contributed by atoms with E-state index in [0.717, 1.165) is 27.4 Å². The van der Waals surface area contributed by atoms with Crippen LogP contribution in [0.5, 0.6) is 0 Å². The summed E-state index contributed by atoms with van der Waals surface area (Å²) >= 11 is 3.49. The van der Waals surface area contributed by atoms with Crippen LogP contribution in [0.25, 0.3) is 10.8 Å². The summed E-state index contributed by atoms with van der Waals surface area (Å²) in [5.41, 5.74) is -0.996. The van der Waals surface area contributed by atoms with Gasteiger partial charge >= 0.3 is 6.18 Å². The van der Waals surface area contributed by atoms with Crippen LogP contribution >= 0.6 is 15.9 Å². The van der Waals surface area contributed by atoms with Crippen molar-refractivity contribution in [3.05, 3.63) is 80.3 Å². The van der Waals surface area contributed by atoms with Crippen molar-refractivity contribution in [2.24, 2.45) is 0 Å². The Hall–Kier alpha value is -3.14. The molecule has 1 fully saturated rings. The number of fused-ring (bicyclic) bond motifs is 1. The van der Waals surface area contributed by atoms with Gasteiger partial charge in [-0.25, -0.2) is 0 Å². The molecule has 0 N–H and O–H groups in total. The molecule has 1 saturated heterocycles. The number of carbonyl (C=O) groups excluding carboxylic acids is 1. The predicted molar refractivity (Wildman–Crippen MR) is 118 cm³/mol. The molecule has 0 aromatic heterocycles.